The van der Waals surface area contributed by atoms with Crippen LogP contribution in [0, 0.1) is 0 Å². The second kappa shape index (κ2) is 4.80. The van der Waals surface area contributed by atoms with E-state index in [1.54, 1.807) is 0 Å². The van der Waals surface area contributed by atoms with Crippen molar-refractivity contribution in [2.45, 2.75) is 11.5 Å². The molecule has 0 radical (unpaired) electrons. The second-order valence-electron chi connectivity index (χ2n) is 2.93. The molecule has 17 heavy (non-hydrogen) atoms. The number of halogens is 2. The average molecular weight is 268 g/mol. The molecule has 0 saturated heterocycles. The Labute approximate surface area is 96.4 Å². The summed E-state index contributed by atoms with van der Waals surface area (Å²) in [6.07, 6.45) is -2.19. The fourth-order valence-corrected chi connectivity index (χ4v) is 1.86. The van der Waals surface area contributed by atoms with E-state index >= 15 is 0 Å². The number of nitrogens with two attached hydrogens (primary N) is 1. The standard InChI is InChI=1S/C8H10F2N2O4S/c1-15-5-4(7(9)10)3-12-8(6(5)16-2)17(11,13)14/h3,7H,1-2H3,(H2,11,13,14). The van der Waals surface area contributed by atoms with Crippen LogP contribution in [0.15, 0.2) is 11.2 Å². The first kappa shape index (κ1) is 13.6. The minimum absolute atomic E-state index is 0.401. The maximum Gasteiger partial charge on any atom is 0.269 e. The molecule has 0 aliphatic carbocycles. The fourth-order valence-electron chi connectivity index (χ4n) is 1.22. The number of hydrogen-bond donors (Lipinski definition) is 1. The van der Waals surface area contributed by atoms with Crippen molar-refractivity contribution in [3.8, 4) is 11.5 Å². The van der Waals surface area contributed by atoms with Gasteiger partial charge in [-0.15, -0.1) is 0 Å². The summed E-state index contributed by atoms with van der Waals surface area (Å²) < 4.78 is 56.9. The molecule has 0 fully saturated rings. The number of nitrogens with zero attached hydrogens (tertiary/aromatic N) is 1. The lowest BCUT2D eigenvalue weighted by Crippen LogP contribution is -2.16. The van der Waals surface area contributed by atoms with Gasteiger partial charge < -0.3 is 9.47 Å². The molecule has 0 atom stereocenters. The predicted octanol–water partition coefficient (Wildman–Crippen LogP) is 0.684. The predicted molar refractivity (Wildman–Crippen MR) is 53.7 cm³/mol. The van der Waals surface area contributed by atoms with Crippen LogP contribution in [0.25, 0.3) is 0 Å². The molecule has 0 unspecified atom stereocenters. The first-order valence-electron chi connectivity index (χ1n) is 4.24. The normalized spacial score (nSPS) is 11.6. The maximum absolute atomic E-state index is 12.6. The molecule has 96 valence electrons. The van der Waals surface area contributed by atoms with E-state index in [2.05, 4.69) is 4.98 Å². The Bertz CT molecular complexity index is 519. The molecule has 6 nitrogen and oxygen atoms in total. The first-order chi connectivity index (χ1) is 7.82. The van der Waals surface area contributed by atoms with Gasteiger partial charge in [0.1, 0.15) is 0 Å². The third-order valence-corrected chi connectivity index (χ3v) is 2.73. The summed E-state index contributed by atoms with van der Waals surface area (Å²) in [4.78, 5) is 3.35. The van der Waals surface area contributed by atoms with E-state index in [9.17, 15) is 17.2 Å². The van der Waals surface area contributed by atoms with Crippen LogP contribution in [-0.2, 0) is 10.0 Å². The van der Waals surface area contributed by atoms with Gasteiger partial charge in [-0.05, 0) is 0 Å². The monoisotopic (exact) mass is 268 g/mol. The van der Waals surface area contributed by atoms with Gasteiger partial charge >= 0.3 is 0 Å². The van der Waals surface area contributed by atoms with Gasteiger partial charge in [-0.3, -0.25) is 0 Å². The minimum atomic E-state index is -4.18. The lowest BCUT2D eigenvalue weighted by Gasteiger charge is -2.13. The van der Waals surface area contributed by atoms with Gasteiger partial charge in [0.05, 0.1) is 19.8 Å². The first-order valence-corrected chi connectivity index (χ1v) is 5.79. The van der Waals surface area contributed by atoms with Crippen LogP contribution in [0.2, 0.25) is 0 Å². The second-order valence-corrected chi connectivity index (χ2v) is 4.41. The van der Waals surface area contributed by atoms with Crippen molar-refractivity contribution in [1.82, 2.24) is 4.98 Å². The Morgan fingerprint density at radius 2 is 1.82 bits per heavy atom. The van der Waals surface area contributed by atoms with Crippen molar-refractivity contribution in [2.75, 3.05) is 14.2 Å². The van der Waals surface area contributed by atoms with Crippen LogP contribution in [0.3, 0.4) is 0 Å². The number of pyridine rings is 1. The fraction of sp³-hybridized carbons (Fsp3) is 0.375. The number of hydrogen-bond acceptors (Lipinski definition) is 5. The van der Waals surface area contributed by atoms with Crippen LogP contribution in [0.5, 0.6) is 11.5 Å². The number of alkyl halides is 2. The molecule has 0 aliphatic rings. The molecule has 0 amide bonds. The van der Waals surface area contributed by atoms with E-state index in [4.69, 9.17) is 14.6 Å². The van der Waals surface area contributed by atoms with Crippen molar-refractivity contribution < 1.29 is 26.7 Å². The van der Waals surface area contributed by atoms with E-state index in [1.165, 1.54) is 0 Å². The summed E-state index contributed by atoms with van der Waals surface area (Å²) in [6.45, 7) is 0. The van der Waals surface area contributed by atoms with Crippen LogP contribution in [0.1, 0.15) is 12.0 Å². The third-order valence-electron chi connectivity index (χ3n) is 1.90. The molecule has 0 spiro atoms. The summed E-state index contributed by atoms with van der Waals surface area (Å²) in [7, 11) is -1.97. The van der Waals surface area contributed by atoms with Gasteiger partial charge in [-0.2, -0.15) is 0 Å². The smallest absolute Gasteiger partial charge is 0.269 e. The summed E-state index contributed by atoms with van der Waals surface area (Å²) >= 11 is 0. The molecule has 0 saturated carbocycles. The number of sulfonamides is 1. The Morgan fingerprint density at radius 1 is 1.29 bits per heavy atom. The third kappa shape index (κ3) is 2.61. The molecule has 1 rings (SSSR count). The van der Waals surface area contributed by atoms with Gasteiger partial charge in [0.15, 0.2) is 11.5 Å². The molecule has 1 aromatic heterocycles. The Kier molecular flexibility index (Phi) is 3.83. The highest BCUT2D eigenvalue weighted by atomic mass is 32.2. The molecular formula is C8H10F2N2O4S. The molecule has 2 N–H and O–H groups in total. The van der Waals surface area contributed by atoms with Crippen molar-refractivity contribution in [3.63, 3.8) is 0 Å². The molecule has 1 aromatic rings. The number of primary sulfonamides is 1. The highest BCUT2D eigenvalue weighted by molar-refractivity contribution is 7.89. The molecule has 0 aliphatic heterocycles. The highest BCUT2D eigenvalue weighted by Gasteiger charge is 2.26. The maximum atomic E-state index is 12.6. The molecule has 0 bridgehead atoms. The zero-order valence-corrected chi connectivity index (χ0v) is 9.79. The van der Waals surface area contributed by atoms with Gasteiger partial charge in [0.2, 0.25) is 5.03 Å². The Morgan fingerprint density at radius 3 is 2.18 bits per heavy atom. The van der Waals surface area contributed by atoms with E-state index < -0.39 is 38.5 Å². The lowest BCUT2D eigenvalue weighted by atomic mass is 10.2. The zero-order chi connectivity index (χ0) is 13.2. The van der Waals surface area contributed by atoms with Gasteiger partial charge in [0.25, 0.3) is 16.4 Å². The van der Waals surface area contributed by atoms with E-state index in [0.29, 0.717) is 6.20 Å². The quantitative estimate of drug-likeness (QED) is 0.867. The van der Waals surface area contributed by atoms with E-state index in [0.717, 1.165) is 14.2 Å². The Hall–Kier alpha value is -1.48. The summed E-state index contributed by atoms with van der Waals surface area (Å²) in [5, 5.41) is 4.22. The number of rotatable bonds is 4. The van der Waals surface area contributed by atoms with Gasteiger partial charge in [-0.1, -0.05) is 0 Å². The van der Waals surface area contributed by atoms with Crippen molar-refractivity contribution in [2.24, 2.45) is 5.14 Å². The van der Waals surface area contributed by atoms with E-state index in [1.807, 2.05) is 0 Å². The number of ether oxygens (including phenoxy) is 2. The largest absolute Gasteiger partial charge is 0.492 e. The lowest BCUT2D eigenvalue weighted by molar-refractivity contribution is 0.145. The molecule has 9 heteroatoms. The van der Waals surface area contributed by atoms with Crippen LogP contribution in [0.4, 0.5) is 8.78 Å². The van der Waals surface area contributed by atoms with Crippen LogP contribution < -0.4 is 14.6 Å². The van der Waals surface area contributed by atoms with Crippen molar-refractivity contribution in [3.05, 3.63) is 11.8 Å². The summed E-state index contributed by atoms with van der Waals surface area (Å²) in [5.41, 5.74) is -0.572. The summed E-state index contributed by atoms with van der Waals surface area (Å²) in [5.74, 6) is -0.839. The van der Waals surface area contributed by atoms with E-state index in [-0.39, 0.29) is 0 Å². The van der Waals surface area contributed by atoms with Crippen LogP contribution >= 0.6 is 0 Å². The Balaban J connectivity index is 3.60. The average Bonchev–Trinajstić information content (AvgIpc) is 2.25. The molecule has 0 aromatic carbocycles. The molecule has 1 heterocycles. The topological polar surface area (TPSA) is 91.5 Å². The van der Waals surface area contributed by atoms with Crippen LogP contribution in [-0.4, -0.2) is 27.6 Å². The minimum Gasteiger partial charge on any atom is -0.492 e. The molecular weight excluding hydrogens is 258 g/mol. The zero-order valence-electron chi connectivity index (χ0n) is 8.98. The van der Waals surface area contributed by atoms with Gasteiger partial charge in [0, 0.05) is 6.20 Å². The van der Waals surface area contributed by atoms with Crippen molar-refractivity contribution in [1.29, 1.82) is 0 Å². The van der Waals surface area contributed by atoms with Gasteiger partial charge in [-0.25, -0.2) is 27.3 Å². The van der Waals surface area contributed by atoms with Crippen molar-refractivity contribution >= 4 is 10.0 Å². The number of aromatic nitrogens is 1. The SMILES string of the molecule is COc1c(C(F)F)cnc(S(N)(=O)=O)c1OC. The number of methoxy groups -OCH3 is 2. The summed E-state index contributed by atoms with van der Waals surface area (Å²) in [6, 6.07) is 0. The highest BCUT2D eigenvalue weighted by Crippen LogP contribution is 2.39.